The number of methoxy groups -OCH3 is 2. The Hall–Kier alpha value is -2.07. The molecule has 4 heteroatoms. The number of hydrogen-bond acceptors (Lipinski definition) is 3. The molecule has 2 aromatic rings. The standard InChI is InChI=1S/C17H15BrO3/c1-20-15-7-9-17(21-2)13(11-15)6-8-16(19)12-4-3-5-14(18)10-12/h3-11H,1-2H3/b8-6+. The molecule has 0 saturated carbocycles. The predicted octanol–water partition coefficient (Wildman–Crippen LogP) is 4.36. The number of hydrogen-bond donors (Lipinski definition) is 0. The Kier molecular flexibility index (Phi) is 5.17. The van der Waals surface area contributed by atoms with Gasteiger partial charge in [-0.1, -0.05) is 28.1 Å². The van der Waals surface area contributed by atoms with Gasteiger partial charge in [-0.2, -0.15) is 0 Å². The Morgan fingerprint density at radius 3 is 2.57 bits per heavy atom. The van der Waals surface area contributed by atoms with Crippen molar-refractivity contribution in [2.24, 2.45) is 0 Å². The normalized spacial score (nSPS) is 10.6. The van der Waals surface area contributed by atoms with Crippen LogP contribution >= 0.6 is 15.9 Å². The fraction of sp³-hybridized carbons (Fsp3) is 0.118. The highest BCUT2D eigenvalue weighted by Gasteiger charge is 2.05. The van der Waals surface area contributed by atoms with Crippen LogP contribution in [0.2, 0.25) is 0 Å². The van der Waals surface area contributed by atoms with Crippen molar-refractivity contribution in [3.8, 4) is 11.5 Å². The van der Waals surface area contributed by atoms with E-state index in [1.54, 1.807) is 32.4 Å². The summed E-state index contributed by atoms with van der Waals surface area (Å²) in [6.45, 7) is 0. The van der Waals surface area contributed by atoms with Gasteiger partial charge in [-0.3, -0.25) is 4.79 Å². The Morgan fingerprint density at radius 2 is 1.90 bits per heavy atom. The monoisotopic (exact) mass is 346 g/mol. The molecule has 0 amide bonds. The lowest BCUT2D eigenvalue weighted by Gasteiger charge is -2.07. The van der Waals surface area contributed by atoms with Crippen LogP contribution in [0.3, 0.4) is 0 Å². The van der Waals surface area contributed by atoms with Gasteiger partial charge in [0.05, 0.1) is 14.2 Å². The lowest BCUT2D eigenvalue weighted by molar-refractivity contribution is 0.104. The summed E-state index contributed by atoms with van der Waals surface area (Å²) in [6.07, 6.45) is 3.25. The van der Waals surface area contributed by atoms with Crippen LogP contribution in [-0.4, -0.2) is 20.0 Å². The summed E-state index contributed by atoms with van der Waals surface area (Å²) in [5.74, 6) is 1.33. The molecule has 0 fully saturated rings. The van der Waals surface area contributed by atoms with E-state index >= 15 is 0 Å². The second kappa shape index (κ2) is 7.09. The van der Waals surface area contributed by atoms with E-state index in [9.17, 15) is 4.79 Å². The van der Waals surface area contributed by atoms with Crippen LogP contribution in [0.4, 0.5) is 0 Å². The molecule has 0 N–H and O–H groups in total. The van der Waals surface area contributed by atoms with Gasteiger partial charge in [-0.05, 0) is 42.5 Å². The van der Waals surface area contributed by atoms with E-state index in [1.807, 2.05) is 30.3 Å². The number of allylic oxidation sites excluding steroid dienone is 1. The summed E-state index contributed by atoms with van der Waals surface area (Å²) in [6, 6.07) is 12.7. The van der Waals surface area contributed by atoms with Crippen LogP contribution in [0.1, 0.15) is 15.9 Å². The minimum absolute atomic E-state index is 0.0684. The smallest absolute Gasteiger partial charge is 0.185 e. The van der Waals surface area contributed by atoms with Crippen molar-refractivity contribution in [2.75, 3.05) is 14.2 Å². The molecule has 0 heterocycles. The van der Waals surface area contributed by atoms with E-state index < -0.39 is 0 Å². The zero-order valence-corrected chi connectivity index (χ0v) is 13.4. The molecule has 108 valence electrons. The third kappa shape index (κ3) is 3.95. The summed E-state index contributed by atoms with van der Waals surface area (Å²) in [5.41, 5.74) is 1.42. The first kappa shape index (κ1) is 15.3. The second-order valence-electron chi connectivity index (χ2n) is 4.32. The first-order valence-corrected chi connectivity index (χ1v) is 7.13. The first-order chi connectivity index (χ1) is 10.1. The van der Waals surface area contributed by atoms with Gasteiger partial charge in [0.15, 0.2) is 5.78 Å². The molecule has 3 nitrogen and oxygen atoms in total. The molecule has 2 aromatic carbocycles. The van der Waals surface area contributed by atoms with E-state index in [0.717, 1.165) is 10.0 Å². The highest BCUT2D eigenvalue weighted by molar-refractivity contribution is 9.10. The summed E-state index contributed by atoms with van der Waals surface area (Å²) in [7, 11) is 3.19. The number of benzene rings is 2. The van der Waals surface area contributed by atoms with Crippen molar-refractivity contribution >= 4 is 27.8 Å². The van der Waals surface area contributed by atoms with Gasteiger partial charge in [0, 0.05) is 15.6 Å². The summed E-state index contributed by atoms with van der Waals surface area (Å²) in [5, 5.41) is 0. The van der Waals surface area contributed by atoms with Gasteiger partial charge in [0.25, 0.3) is 0 Å². The van der Waals surface area contributed by atoms with Crippen molar-refractivity contribution in [3.05, 3.63) is 64.1 Å². The molecular formula is C17H15BrO3. The van der Waals surface area contributed by atoms with Crippen LogP contribution < -0.4 is 9.47 Å². The van der Waals surface area contributed by atoms with E-state index in [0.29, 0.717) is 17.1 Å². The molecule has 0 aliphatic rings. The van der Waals surface area contributed by atoms with Crippen molar-refractivity contribution in [1.82, 2.24) is 0 Å². The molecule has 0 aliphatic carbocycles. The fourth-order valence-electron chi connectivity index (χ4n) is 1.87. The van der Waals surface area contributed by atoms with Gasteiger partial charge in [0.2, 0.25) is 0 Å². The molecule has 2 rings (SSSR count). The maximum atomic E-state index is 12.1. The van der Waals surface area contributed by atoms with E-state index in [2.05, 4.69) is 15.9 Å². The molecule has 21 heavy (non-hydrogen) atoms. The molecule has 0 spiro atoms. The van der Waals surface area contributed by atoms with E-state index in [4.69, 9.17) is 9.47 Å². The quantitative estimate of drug-likeness (QED) is 0.595. The maximum absolute atomic E-state index is 12.1. The van der Waals surface area contributed by atoms with Crippen LogP contribution in [0, 0.1) is 0 Å². The third-order valence-corrected chi connectivity index (χ3v) is 3.45. The van der Waals surface area contributed by atoms with Crippen molar-refractivity contribution in [1.29, 1.82) is 0 Å². The van der Waals surface area contributed by atoms with Crippen LogP contribution in [0.25, 0.3) is 6.08 Å². The average molecular weight is 347 g/mol. The van der Waals surface area contributed by atoms with Gasteiger partial charge in [-0.25, -0.2) is 0 Å². The summed E-state index contributed by atoms with van der Waals surface area (Å²) >= 11 is 3.36. The summed E-state index contributed by atoms with van der Waals surface area (Å²) in [4.78, 5) is 12.1. The van der Waals surface area contributed by atoms with Crippen molar-refractivity contribution in [2.45, 2.75) is 0 Å². The van der Waals surface area contributed by atoms with E-state index in [-0.39, 0.29) is 5.78 Å². The maximum Gasteiger partial charge on any atom is 0.185 e. The zero-order chi connectivity index (χ0) is 15.2. The molecule has 0 atom stereocenters. The molecule has 0 unspecified atom stereocenters. The number of rotatable bonds is 5. The Bertz CT molecular complexity index is 677. The van der Waals surface area contributed by atoms with Gasteiger partial charge < -0.3 is 9.47 Å². The highest BCUT2D eigenvalue weighted by atomic mass is 79.9. The average Bonchev–Trinajstić information content (AvgIpc) is 2.52. The SMILES string of the molecule is COc1ccc(OC)c(/C=C/C(=O)c2cccc(Br)c2)c1. The summed E-state index contributed by atoms with van der Waals surface area (Å²) < 4.78 is 11.3. The molecule has 0 aliphatic heterocycles. The topological polar surface area (TPSA) is 35.5 Å². The van der Waals surface area contributed by atoms with Gasteiger partial charge in [-0.15, -0.1) is 0 Å². The number of carbonyl (C=O) groups is 1. The van der Waals surface area contributed by atoms with Gasteiger partial charge in [0.1, 0.15) is 11.5 Å². The number of carbonyl (C=O) groups excluding carboxylic acids is 1. The zero-order valence-electron chi connectivity index (χ0n) is 11.8. The molecule has 0 aromatic heterocycles. The number of halogens is 1. The molecule has 0 bridgehead atoms. The lowest BCUT2D eigenvalue weighted by atomic mass is 10.1. The van der Waals surface area contributed by atoms with Crippen molar-refractivity contribution in [3.63, 3.8) is 0 Å². The molecule has 0 saturated heterocycles. The predicted molar refractivity (Wildman–Crippen MR) is 87.1 cm³/mol. The largest absolute Gasteiger partial charge is 0.497 e. The Morgan fingerprint density at radius 1 is 1.10 bits per heavy atom. The highest BCUT2D eigenvalue weighted by Crippen LogP contribution is 2.25. The minimum Gasteiger partial charge on any atom is -0.497 e. The number of ether oxygens (including phenoxy) is 2. The fourth-order valence-corrected chi connectivity index (χ4v) is 2.27. The number of ketones is 1. The molecule has 0 radical (unpaired) electrons. The van der Waals surface area contributed by atoms with Gasteiger partial charge >= 0.3 is 0 Å². The Balaban J connectivity index is 2.26. The minimum atomic E-state index is -0.0684. The van der Waals surface area contributed by atoms with E-state index in [1.165, 1.54) is 6.08 Å². The Labute approximate surface area is 132 Å². The first-order valence-electron chi connectivity index (χ1n) is 6.34. The second-order valence-corrected chi connectivity index (χ2v) is 5.23. The lowest BCUT2D eigenvalue weighted by Crippen LogP contribution is -1.94. The molecular weight excluding hydrogens is 332 g/mol. The van der Waals surface area contributed by atoms with Crippen LogP contribution in [0.5, 0.6) is 11.5 Å². The van der Waals surface area contributed by atoms with Crippen molar-refractivity contribution < 1.29 is 14.3 Å². The van der Waals surface area contributed by atoms with Crippen LogP contribution in [0.15, 0.2) is 53.0 Å². The third-order valence-electron chi connectivity index (χ3n) is 2.96. The van der Waals surface area contributed by atoms with Crippen LogP contribution in [-0.2, 0) is 0 Å².